The molecular weight excluding hydrogens is 343 g/mol. The topological polar surface area (TPSA) is 29.5 Å². The van der Waals surface area contributed by atoms with Crippen LogP contribution in [0, 0.1) is 11.8 Å². The molecule has 0 spiro atoms. The third-order valence-electron chi connectivity index (χ3n) is 4.37. The maximum atomic E-state index is 13.1. The van der Waals surface area contributed by atoms with Crippen LogP contribution < -0.4 is 4.74 Å². The molecule has 1 aromatic carbocycles. The fourth-order valence-electron chi connectivity index (χ4n) is 3.07. The highest BCUT2D eigenvalue weighted by molar-refractivity contribution is 6.30. The summed E-state index contributed by atoms with van der Waals surface area (Å²) in [4.78, 5) is 13.7. The molecule has 0 radical (unpaired) electrons. The van der Waals surface area contributed by atoms with E-state index in [0.29, 0.717) is 30.0 Å². The monoisotopic (exact) mass is 363 g/mol. The Morgan fingerprint density at radius 3 is 2.71 bits per heavy atom. The molecule has 1 fully saturated rings. The van der Waals surface area contributed by atoms with Crippen molar-refractivity contribution in [1.29, 1.82) is 0 Å². The number of ether oxygens (including phenoxy) is 1. The second-order valence-electron chi connectivity index (χ2n) is 6.10. The standard InChI is InChI=1S/C17H21ClF3NO2/c1-22(9-10-24-13-6-4-5-12(18)11-13)16(23)14-7-2-3-8-15(14)17(19,20)21/h4-6,11,14-15H,2-3,7-10H2,1H3. The van der Waals surface area contributed by atoms with Gasteiger partial charge in [0.05, 0.1) is 12.5 Å². The normalized spacial score (nSPS) is 21.4. The molecule has 1 aliphatic rings. The molecule has 1 aliphatic carbocycles. The molecule has 1 saturated carbocycles. The van der Waals surface area contributed by atoms with Crippen LogP contribution >= 0.6 is 11.6 Å². The quantitative estimate of drug-likeness (QED) is 0.768. The molecule has 2 rings (SSSR count). The predicted molar refractivity (Wildman–Crippen MR) is 86.1 cm³/mol. The zero-order valence-corrected chi connectivity index (χ0v) is 14.2. The molecule has 0 bridgehead atoms. The molecule has 0 aromatic heterocycles. The van der Waals surface area contributed by atoms with Crippen molar-refractivity contribution < 1.29 is 22.7 Å². The van der Waals surface area contributed by atoms with Crippen LogP contribution in [0.5, 0.6) is 5.75 Å². The average Bonchev–Trinajstić information content (AvgIpc) is 2.53. The Hall–Kier alpha value is -1.43. The van der Waals surface area contributed by atoms with E-state index >= 15 is 0 Å². The van der Waals surface area contributed by atoms with Crippen molar-refractivity contribution in [2.45, 2.75) is 31.9 Å². The van der Waals surface area contributed by atoms with Crippen molar-refractivity contribution in [3.05, 3.63) is 29.3 Å². The van der Waals surface area contributed by atoms with E-state index in [1.807, 2.05) is 0 Å². The van der Waals surface area contributed by atoms with E-state index in [1.54, 1.807) is 24.3 Å². The Morgan fingerprint density at radius 2 is 2.04 bits per heavy atom. The lowest BCUT2D eigenvalue weighted by Gasteiger charge is -2.34. The van der Waals surface area contributed by atoms with Gasteiger partial charge in [-0.15, -0.1) is 0 Å². The third kappa shape index (κ3) is 5.03. The Bertz CT molecular complexity index is 565. The molecule has 134 valence electrons. The highest BCUT2D eigenvalue weighted by Gasteiger charge is 2.48. The van der Waals surface area contributed by atoms with Gasteiger partial charge in [0.2, 0.25) is 5.91 Å². The van der Waals surface area contributed by atoms with Crippen molar-refractivity contribution >= 4 is 17.5 Å². The average molecular weight is 364 g/mol. The number of nitrogens with zero attached hydrogens (tertiary/aromatic N) is 1. The van der Waals surface area contributed by atoms with Gasteiger partial charge in [0, 0.05) is 18.0 Å². The fraction of sp³-hybridized carbons (Fsp3) is 0.588. The van der Waals surface area contributed by atoms with Gasteiger partial charge >= 0.3 is 6.18 Å². The van der Waals surface area contributed by atoms with Gasteiger partial charge in [-0.3, -0.25) is 4.79 Å². The number of halogens is 4. The van der Waals surface area contributed by atoms with Crippen LogP contribution in [0.15, 0.2) is 24.3 Å². The number of likely N-dealkylation sites (N-methyl/N-ethyl adjacent to an activating group) is 1. The Kier molecular flexibility index (Phi) is 6.38. The molecule has 0 aliphatic heterocycles. The van der Waals surface area contributed by atoms with Crippen LogP contribution in [0.3, 0.4) is 0 Å². The van der Waals surface area contributed by atoms with Crippen LogP contribution in [-0.4, -0.2) is 37.2 Å². The smallest absolute Gasteiger partial charge is 0.392 e. The first-order valence-corrected chi connectivity index (χ1v) is 8.37. The first-order chi connectivity index (χ1) is 11.3. The maximum Gasteiger partial charge on any atom is 0.392 e. The van der Waals surface area contributed by atoms with Crippen molar-refractivity contribution in [3.8, 4) is 5.75 Å². The summed E-state index contributed by atoms with van der Waals surface area (Å²) in [5.74, 6) is -2.40. The number of rotatable bonds is 5. The number of benzene rings is 1. The Balaban J connectivity index is 1.88. The SMILES string of the molecule is CN(CCOc1cccc(Cl)c1)C(=O)C1CCCCC1C(F)(F)F. The van der Waals surface area contributed by atoms with Gasteiger partial charge < -0.3 is 9.64 Å². The number of carbonyl (C=O) groups is 1. The summed E-state index contributed by atoms with van der Waals surface area (Å²) in [5.41, 5.74) is 0. The molecule has 1 amide bonds. The molecule has 24 heavy (non-hydrogen) atoms. The van der Waals surface area contributed by atoms with Crippen LogP contribution in [0.2, 0.25) is 5.02 Å². The summed E-state index contributed by atoms with van der Waals surface area (Å²) in [6.07, 6.45) is -2.81. The number of carbonyl (C=O) groups excluding carboxylic acids is 1. The first kappa shape index (κ1) is 18.9. The van der Waals surface area contributed by atoms with E-state index in [4.69, 9.17) is 16.3 Å². The summed E-state index contributed by atoms with van der Waals surface area (Å²) >= 11 is 5.85. The third-order valence-corrected chi connectivity index (χ3v) is 4.61. The minimum atomic E-state index is -4.32. The number of hydrogen-bond acceptors (Lipinski definition) is 2. The number of hydrogen-bond donors (Lipinski definition) is 0. The summed E-state index contributed by atoms with van der Waals surface area (Å²) in [7, 11) is 1.52. The lowest BCUT2D eigenvalue weighted by atomic mass is 9.78. The van der Waals surface area contributed by atoms with E-state index in [9.17, 15) is 18.0 Å². The predicted octanol–water partition coefficient (Wildman–Crippen LogP) is 4.55. The van der Waals surface area contributed by atoms with E-state index < -0.39 is 23.9 Å². The highest BCUT2D eigenvalue weighted by atomic mass is 35.5. The second-order valence-corrected chi connectivity index (χ2v) is 6.54. The van der Waals surface area contributed by atoms with Gasteiger partial charge in [-0.1, -0.05) is 30.5 Å². The first-order valence-electron chi connectivity index (χ1n) is 7.99. The van der Waals surface area contributed by atoms with Gasteiger partial charge in [-0.2, -0.15) is 13.2 Å². The summed E-state index contributed by atoms with van der Waals surface area (Å²) in [6, 6.07) is 6.83. The van der Waals surface area contributed by atoms with Crippen molar-refractivity contribution in [2.75, 3.05) is 20.2 Å². The van der Waals surface area contributed by atoms with Gasteiger partial charge in [-0.05, 0) is 31.0 Å². The summed E-state index contributed by atoms with van der Waals surface area (Å²) in [5, 5.41) is 0.534. The van der Waals surface area contributed by atoms with E-state index in [0.717, 1.165) is 0 Å². The van der Waals surface area contributed by atoms with Gasteiger partial charge in [-0.25, -0.2) is 0 Å². The van der Waals surface area contributed by atoms with E-state index in [1.165, 1.54) is 11.9 Å². The summed E-state index contributed by atoms with van der Waals surface area (Å²) in [6.45, 7) is 0.429. The van der Waals surface area contributed by atoms with Crippen LogP contribution in [0.1, 0.15) is 25.7 Å². The van der Waals surface area contributed by atoms with Gasteiger partial charge in [0.1, 0.15) is 12.4 Å². The van der Waals surface area contributed by atoms with Crippen LogP contribution in [-0.2, 0) is 4.79 Å². The Morgan fingerprint density at radius 1 is 1.33 bits per heavy atom. The zero-order valence-electron chi connectivity index (χ0n) is 13.5. The lowest BCUT2D eigenvalue weighted by molar-refractivity contribution is -0.200. The minimum absolute atomic E-state index is 0.0345. The molecule has 7 heteroatoms. The van der Waals surface area contributed by atoms with Gasteiger partial charge in [0.25, 0.3) is 0 Å². The maximum absolute atomic E-state index is 13.1. The highest BCUT2D eigenvalue weighted by Crippen LogP contribution is 2.42. The molecule has 0 N–H and O–H groups in total. The number of amides is 1. The lowest BCUT2D eigenvalue weighted by Crippen LogP contribution is -2.44. The van der Waals surface area contributed by atoms with E-state index in [-0.39, 0.29) is 19.6 Å². The minimum Gasteiger partial charge on any atom is -0.492 e. The molecular formula is C17H21ClF3NO2. The molecule has 2 atom stereocenters. The second kappa shape index (κ2) is 8.10. The molecule has 0 heterocycles. The van der Waals surface area contributed by atoms with Crippen LogP contribution in [0.4, 0.5) is 13.2 Å². The largest absolute Gasteiger partial charge is 0.492 e. The van der Waals surface area contributed by atoms with E-state index in [2.05, 4.69) is 0 Å². The van der Waals surface area contributed by atoms with Crippen molar-refractivity contribution in [1.82, 2.24) is 4.90 Å². The molecule has 0 saturated heterocycles. The molecule has 1 aromatic rings. The Labute approximate surface area is 144 Å². The number of alkyl halides is 3. The molecule has 2 unspecified atom stereocenters. The van der Waals surface area contributed by atoms with Crippen LogP contribution in [0.25, 0.3) is 0 Å². The fourth-order valence-corrected chi connectivity index (χ4v) is 3.25. The van der Waals surface area contributed by atoms with Crippen molar-refractivity contribution in [3.63, 3.8) is 0 Å². The van der Waals surface area contributed by atoms with Gasteiger partial charge in [0.15, 0.2) is 0 Å². The van der Waals surface area contributed by atoms with Crippen molar-refractivity contribution in [2.24, 2.45) is 11.8 Å². The summed E-state index contributed by atoms with van der Waals surface area (Å²) < 4.78 is 44.8. The molecule has 3 nitrogen and oxygen atoms in total. The zero-order chi connectivity index (χ0) is 17.7.